The number of ether oxygens (including phenoxy) is 1. The lowest BCUT2D eigenvalue weighted by Gasteiger charge is -2.37. The Kier molecular flexibility index (Phi) is 5.66. The highest BCUT2D eigenvalue weighted by Crippen LogP contribution is 2.45. The molecule has 168 valence electrons. The van der Waals surface area contributed by atoms with Gasteiger partial charge in [-0.05, 0) is 43.8 Å². The third-order valence-electron chi connectivity index (χ3n) is 5.68. The van der Waals surface area contributed by atoms with Crippen molar-refractivity contribution in [2.75, 3.05) is 29.6 Å². The van der Waals surface area contributed by atoms with Crippen molar-refractivity contribution in [2.45, 2.75) is 19.5 Å². The highest BCUT2D eigenvalue weighted by Gasteiger charge is 2.36. The molecular weight excluding hydrogens is 436 g/mol. The van der Waals surface area contributed by atoms with Crippen LogP contribution < -0.4 is 21.3 Å². The van der Waals surface area contributed by atoms with Gasteiger partial charge in [-0.2, -0.15) is 4.98 Å². The van der Waals surface area contributed by atoms with E-state index >= 15 is 0 Å². The molecule has 3 aromatic rings. The van der Waals surface area contributed by atoms with Crippen molar-refractivity contribution < 1.29 is 4.74 Å². The monoisotopic (exact) mass is 460 g/mol. The summed E-state index contributed by atoms with van der Waals surface area (Å²) < 4.78 is 5.71. The van der Waals surface area contributed by atoms with Gasteiger partial charge in [0.25, 0.3) is 0 Å². The number of nitrogens with zero attached hydrogens (tertiary/aromatic N) is 3. The zero-order chi connectivity index (χ0) is 22.9. The van der Waals surface area contributed by atoms with E-state index in [0.29, 0.717) is 24.0 Å². The Balaban J connectivity index is 1.63. The lowest BCUT2D eigenvalue weighted by atomic mass is 9.94. The molecule has 5 rings (SSSR count). The van der Waals surface area contributed by atoms with Crippen LogP contribution in [-0.4, -0.2) is 29.7 Å². The number of benzene rings is 2. The Bertz CT molecular complexity index is 1250. The molecule has 8 heteroatoms. The third-order valence-corrected chi connectivity index (χ3v) is 6.00. The number of anilines is 3. The van der Waals surface area contributed by atoms with Gasteiger partial charge >= 0.3 is 0 Å². The predicted molar refractivity (Wildman–Crippen MR) is 134 cm³/mol. The number of halogens is 1. The maximum Gasteiger partial charge on any atom is 0.221 e. The first kappa shape index (κ1) is 21.3. The van der Waals surface area contributed by atoms with Crippen molar-refractivity contribution in [3.63, 3.8) is 0 Å². The molecule has 2 aliphatic heterocycles. The molecule has 1 aromatic heterocycles. The summed E-state index contributed by atoms with van der Waals surface area (Å²) in [5, 5.41) is 7.41. The molecule has 33 heavy (non-hydrogen) atoms. The summed E-state index contributed by atoms with van der Waals surface area (Å²) in [4.78, 5) is 10.8. The average Bonchev–Trinajstić information content (AvgIpc) is 3.66. The maximum atomic E-state index is 6.69. The largest absolute Gasteiger partial charge is 0.484 e. The number of nitrogens with one attached hydrogen (secondary N) is 2. The normalized spacial score (nSPS) is 17.7. The Morgan fingerprint density at radius 3 is 2.70 bits per heavy atom. The lowest BCUT2D eigenvalue weighted by molar-refractivity contribution is 0.510. The summed E-state index contributed by atoms with van der Waals surface area (Å²) in [6.45, 7) is 3.32. The first-order valence-corrected chi connectivity index (χ1v) is 11.2. The summed E-state index contributed by atoms with van der Waals surface area (Å²) >= 11 is 6.69. The van der Waals surface area contributed by atoms with Crippen LogP contribution in [0.25, 0.3) is 11.8 Å². The minimum Gasteiger partial charge on any atom is -0.484 e. The summed E-state index contributed by atoms with van der Waals surface area (Å²) in [5.41, 5.74) is 11.9. The zero-order valence-corrected chi connectivity index (χ0v) is 19.2. The minimum atomic E-state index is -0.114. The first-order valence-electron chi connectivity index (χ1n) is 10.8. The zero-order valence-electron chi connectivity index (χ0n) is 18.5. The second-order valence-electron chi connectivity index (χ2n) is 8.00. The molecule has 4 N–H and O–H groups in total. The fourth-order valence-electron chi connectivity index (χ4n) is 4.13. The molecule has 0 saturated carbocycles. The summed E-state index contributed by atoms with van der Waals surface area (Å²) in [7, 11) is 1.89. The molecule has 7 nitrogen and oxygen atoms in total. The summed E-state index contributed by atoms with van der Waals surface area (Å²) in [6.07, 6.45) is 3.92. The Hall–Kier alpha value is -3.55. The van der Waals surface area contributed by atoms with Crippen LogP contribution >= 0.6 is 11.6 Å². The van der Waals surface area contributed by atoms with Gasteiger partial charge < -0.3 is 26.0 Å². The van der Waals surface area contributed by atoms with Crippen molar-refractivity contribution in [3.8, 4) is 0 Å². The van der Waals surface area contributed by atoms with Crippen LogP contribution in [-0.2, 0) is 11.3 Å². The molecular formula is C25H25ClN6O. The van der Waals surface area contributed by atoms with Crippen molar-refractivity contribution in [2.24, 2.45) is 0 Å². The van der Waals surface area contributed by atoms with E-state index < -0.39 is 0 Å². The van der Waals surface area contributed by atoms with Gasteiger partial charge in [0, 0.05) is 35.3 Å². The van der Waals surface area contributed by atoms with E-state index in [9.17, 15) is 0 Å². The van der Waals surface area contributed by atoms with E-state index in [4.69, 9.17) is 22.1 Å². The summed E-state index contributed by atoms with van der Waals surface area (Å²) in [6, 6.07) is 16.1. The molecule has 2 aromatic carbocycles. The summed E-state index contributed by atoms with van der Waals surface area (Å²) in [5.74, 6) is 1.86. The van der Waals surface area contributed by atoms with Crippen molar-refractivity contribution in [1.29, 1.82) is 0 Å². The molecule has 0 bridgehead atoms. The van der Waals surface area contributed by atoms with Crippen LogP contribution in [0.4, 0.5) is 17.5 Å². The number of epoxide rings is 1. The number of hydrogen-bond donors (Lipinski definition) is 3. The van der Waals surface area contributed by atoms with Crippen molar-refractivity contribution in [1.82, 2.24) is 15.3 Å². The van der Waals surface area contributed by atoms with E-state index in [2.05, 4.69) is 56.7 Å². The SMILES string of the molecule is CNCc1cnc(N)nc1N[C@@H](C)C1=Cc2cccc(Cl)c2/C(=C2\CO2)N1c1ccccc1. The second-order valence-corrected chi connectivity index (χ2v) is 8.41. The molecule has 2 aliphatic rings. The number of fused-ring (bicyclic) bond motifs is 1. The highest BCUT2D eigenvalue weighted by molar-refractivity contribution is 6.33. The maximum absolute atomic E-state index is 6.69. The molecule has 0 spiro atoms. The Labute approximate surface area is 197 Å². The van der Waals surface area contributed by atoms with Gasteiger partial charge in [-0.1, -0.05) is 41.9 Å². The molecule has 0 radical (unpaired) electrons. The molecule has 3 heterocycles. The third kappa shape index (κ3) is 4.13. The number of nitrogens with two attached hydrogens (primary N) is 1. The van der Waals surface area contributed by atoms with Crippen molar-refractivity contribution >= 4 is 40.8 Å². The first-order chi connectivity index (χ1) is 16.1. The molecule has 0 aliphatic carbocycles. The van der Waals surface area contributed by atoms with E-state index in [0.717, 1.165) is 39.5 Å². The predicted octanol–water partition coefficient (Wildman–Crippen LogP) is 4.49. The smallest absolute Gasteiger partial charge is 0.221 e. The van der Waals surface area contributed by atoms with Crippen molar-refractivity contribution in [3.05, 3.63) is 87.9 Å². The second kappa shape index (κ2) is 8.77. The van der Waals surface area contributed by atoms with Crippen LogP contribution in [0.5, 0.6) is 0 Å². The van der Waals surface area contributed by atoms with Crippen LogP contribution in [0.1, 0.15) is 23.6 Å². The lowest BCUT2D eigenvalue weighted by Crippen LogP contribution is -2.34. The van der Waals surface area contributed by atoms with E-state index in [1.807, 2.05) is 37.4 Å². The fourth-order valence-corrected chi connectivity index (χ4v) is 4.40. The van der Waals surface area contributed by atoms with Crippen LogP contribution in [0.15, 0.2) is 66.2 Å². The average molecular weight is 461 g/mol. The molecule has 1 saturated heterocycles. The molecule has 0 unspecified atom stereocenters. The molecule has 1 atom stereocenters. The number of aromatic nitrogens is 2. The van der Waals surface area contributed by atoms with Gasteiger partial charge in [0.05, 0.1) is 16.8 Å². The van der Waals surface area contributed by atoms with Gasteiger partial charge in [-0.15, -0.1) is 0 Å². The Morgan fingerprint density at radius 2 is 1.97 bits per heavy atom. The van der Waals surface area contributed by atoms with Gasteiger partial charge in [-0.3, -0.25) is 0 Å². The van der Waals surface area contributed by atoms with Gasteiger partial charge in [0.2, 0.25) is 5.95 Å². The molecule has 0 amide bonds. The van der Waals surface area contributed by atoms with Crippen LogP contribution in [0.2, 0.25) is 5.02 Å². The van der Waals surface area contributed by atoms with E-state index in [-0.39, 0.29) is 12.0 Å². The minimum absolute atomic E-state index is 0.114. The number of hydrogen-bond acceptors (Lipinski definition) is 7. The van der Waals surface area contributed by atoms with E-state index in [1.165, 1.54) is 0 Å². The van der Waals surface area contributed by atoms with Crippen LogP contribution in [0, 0.1) is 0 Å². The van der Waals surface area contributed by atoms with Gasteiger partial charge in [-0.25, -0.2) is 4.98 Å². The Morgan fingerprint density at radius 1 is 1.18 bits per heavy atom. The van der Waals surface area contributed by atoms with Crippen LogP contribution in [0.3, 0.4) is 0 Å². The van der Waals surface area contributed by atoms with Gasteiger partial charge in [0.1, 0.15) is 12.4 Å². The standard InChI is InChI=1S/C25H25ClN6O/c1-15(30-24-17(12-28-2)13-29-25(27)31-24)20-11-16-7-6-10-19(26)22(16)23(21-14-33-21)32(20)18-8-4-3-5-9-18/h3-11,13,15,28H,12,14H2,1-2H3,(H3,27,29,30,31)/b23-21-/t15-/m0/s1. The molecule has 1 fully saturated rings. The van der Waals surface area contributed by atoms with Gasteiger partial charge in [0.15, 0.2) is 5.76 Å². The fraction of sp³-hybridized carbons (Fsp3) is 0.200. The number of para-hydroxylation sites is 1. The van der Waals surface area contributed by atoms with E-state index in [1.54, 1.807) is 6.20 Å². The number of nitrogen functional groups attached to an aromatic ring is 1. The quantitative estimate of drug-likeness (QED) is 0.467. The number of rotatable bonds is 6. The topological polar surface area (TPSA) is 91.6 Å². The highest BCUT2D eigenvalue weighted by atomic mass is 35.5.